The summed E-state index contributed by atoms with van der Waals surface area (Å²) in [7, 11) is 0. The lowest BCUT2D eigenvalue weighted by molar-refractivity contribution is -0.526. The first-order chi connectivity index (χ1) is 8.34. The van der Waals surface area contributed by atoms with Gasteiger partial charge in [-0.1, -0.05) is 36.9 Å². The van der Waals surface area contributed by atoms with Crippen LogP contribution < -0.4 is 0 Å². The predicted octanol–water partition coefficient (Wildman–Crippen LogP) is 3.44. The van der Waals surface area contributed by atoms with Gasteiger partial charge < -0.3 is 0 Å². The van der Waals surface area contributed by atoms with Gasteiger partial charge in [-0.15, -0.1) is 0 Å². The highest BCUT2D eigenvalue weighted by Crippen LogP contribution is 2.08. The summed E-state index contributed by atoms with van der Waals surface area (Å²) in [6.07, 6.45) is 8.45. The van der Waals surface area contributed by atoms with Crippen LogP contribution >= 0.6 is 0 Å². The van der Waals surface area contributed by atoms with Crippen molar-refractivity contribution in [3.8, 4) is 0 Å². The van der Waals surface area contributed by atoms with Gasteiger partial charge in [-0.3, -0.25) is 0 Å². The van der Waals surface area contributed by atoms with Gasteiger partial charge in [-0.05, 0) is 24.8 Å². The van der Waals surface area contributed by atoms with E-state index in [1.165, 1.54) is 56.3 Å². The number of nitrogens with zero attached hydrogens (tertiary/aromatic N) is 1. The maximum absolute atomic E-state index is 4.04. The van der Waals surface area contributed by atoms with E-state index in [1.54, 1.807) is 0 Å². The zero-order valence-corrected chi connectivity index (χ0v) is 10.6. The van der Waals surface area contributed by atoms with Crippen LogP contribution in [0.25, 0.3) is 0 Å². The van der Waals surface area contributed by atoms with E-state index in [0.717, 1.165) is 0 Å². The molecule has 0 radical (unpaired) electrons. The van der Waals surface area contributed by atoms with Gasteiger partial charge in [0.05, 0.1) is 0 Å². The van der Waals surface area contributed by atoms with Gasteiger partial charge in [0, 0.05) is 18.4 Å². The molecule has 0 aliphatic carbocycles. The van der Waals surface area contributed by atoms with Gasteiger partial charge in [-0.2, -0.15) is 0 Å². The molecule has 0 saturated heterocycles. The summed E-state index contributed by atoms with van der Waals surface area (Å²) >= 11 is 0. The Morgan fingerprint density at radius 1 is 1.12 bits per heavy atom. The van der Waals surface area contributed by atoms with Gasteiger partial charge >= 0.3 is 0 Å². The van der Waals surface area contributed by atoms with Gasteiger partial charge in [0.15, 0.2) is 6.21 Å². The van der Waals surface area contributed by atoms with Crippen molar-refractivity contribution in [2.24, 2.45) is 0 Å². The minimum atomic E-state index is 1.18. The van der Waals surface area contributed by atoms with Crippen molar-refractivity contribution in [3.05, 3.63) is 48.0 Å². The fourth-order valence-electron chi connectivity index (χ4n) is 2.36. The number of hydrogen-bond donors (Lipinski definition) is 0. The molecule has 1 heterocycles. The molecule has 0 bridgehead atoms. The SMILES string of the molecule is C=C1C=[N+](CCCCc2ccccc2)CCC1. The zero-order valence-electron chi connectivity index (χ0n) is 10.6. The lowest BCUT2D eigenvalue weighted by Crippen LogP contribution is -2.21. The second-order valence-electron chi connectivity index (χ2n) is 4.87. The maximum Gasteiger partial charge on any atom is 0.165 e. The van der Waals surface area contributed by atoms with Gasteiger partial charge in [0.2, 0.25) is 0 Å². The number of benzene rings is 1. The van der Waals surface area contributed by atoms with E-state index in [0.29, 0.717) is 0 Å². The molecule has 0 N–H and O–H groups in total. The van der Waals surface area contributed by atoms with Crippen LogP contribution in [-0.2, 0) is 6.42 Å². The quantitative estimate of drug-likeness (QED) is 0.536. The van der Waals surface area contributed by atoms with Crippen molar-refractivity contribution in [1.82, 2.24) is 0 Å². The van der Waals surface area contributed by atoms with E-state index in [1.807, 2.05) is 0 Å². The number of aryl methyl sites for hydroxylation is 1. The third-order valence-corrected chi connectivity index (χ3v) is 3.31. The van der Waals surface area contributed by atoms with E-state index in [9.17, 15) is 0 Å². The molecule has 90 valence electrons. The molecule has 2 rings (SSSR count). The Balaban J connectivity index is 1.68. The first-order valence-corrected chi connectivity index (χ1v) is 6.65. The maximum atomic E-state index is 4.04. The van der Waals surface area contributed by atoms with Crippen LogP contribution in [0.3, 0.4) is 0 Å². The summed E-state index contributed by atoms with van der Waals surface area (Å²) < 4.78 is 2.43. The molecule has 1 nitrogen and oxygen atoms in total. The van der Waals surface area contributed by atoms with Gasteiger partial charge in [0.1, 0.15) is 13.1 Å². The molecule has 1 aliphatic rings. The van der Waals surface area contributed by atoms with E-state index in [4.69, 9.17) is 0 Å². The highest BCUT2D eigenvalue weighted by atomic mass is 15.0. The molecule has 0 amide bonds. The van der Waals surface area contributed by atoms with Crippen molar-refractivity contribution in [2.45, 2.75) is 32.1 Å². The summed E-state index contributed by atoms with van der Waals surface area (Å²) in [6.45, 7) is 6.44. The molecule has 17 heavy (non-hydrogen) atoms. The van der Waals surface area contributed by atoms with Crippen LogP contribution in [0.1, 0.15) is 31.2 Å². The molecular formula is C16H22N+. The Morgan fingerprint density at radius 3 is 2.71 bits per heavy atom. The highest BCUT2D eigenvalue weighted by Gasteiger charge is 2.11. The highest BCUT2D eigenvalue weighted by molar-refractivity contribution is 5.73. The lowest BCUT2D eigenvalue weighted by Gasteiger charge is -2.09. The average molecular weight is 228 g/mol. The van der Waals surface area contributed by atoms with Crippen molar-refractivity contribution >= 4 is 6.21 Å². The molecule has 1 aliphatic heterocycles. The summed E-state index contributed by atoms with van der Waals surface area (Å²) in [5, 5.41) is 0. The first kappa shape index (κ1) is 12.1. The Kier molecular flexibility index (Phi) is 4.54. The minimum Gasteiger partial charge on any atom is -0.236 e. The number of unbranched alkanes of at least 4 members (excludes halogenated alkanes) is 1. The number of allylic oxidation sites excluding steroid dienone is 1. The monoisotopic (exact) mass is 228 g/mol. The molecule has 1 aromatic carbocycles. The fraction of sp³-hybridized carbons (Fsp3) is 0.438. The van der Waals surface area contributed by atoms with Crippen LogP contribution in [0.5, 0.6) is 0 Å². The van der Waals surface area contributed by atoms with E-state index in [2.05, 4.69) is 47.7 Å². The second kappa shape index (κ2) is 6.39. The van der Waals surface area contributed by atoms with Crippen LogP contribution in [0.2, 0.25) is 0 Å². The van der Waals surface area contributed by atoms with Crippen molar-refractivity contribution in [1.29, 1.82) is 0 Å². The normalized spacial score (nSPS) is 15.8. The smallest absolute Gasteiger partial charge is 0.165 e. The molecule has 0 spiro atoms. The Labute approximate surface area is 104 Å². The Hall–Kier alpha value is -1.37. The van der Waals surface area contributed by atoms with Crippen LogP contribution in [0.4, 0.5) is 0 Å². The summed E-state index contributed by atoms with van der Waals surface area (Å²) in [4.78, 5) is 0. The summed E-state index contributed by atoms with van der Waals surface area (Å²) in [5.41, 5.74) is 2.75. The zero-order chi connectivity index (χ0) is 11.9. The van der Waals surface area contributed by atoms with Crippen molar-refractivity contribution < 1.29 is 4.58 Å². The molecule has 0 fully saturated rings. The molecule has 1 heteroatoms. The van der Waals surface area contributed by atoms with E-state index >= 15 is 0 Å². The molecule has 0 aromatic heterocycles. The topological polar surface area (TPSA) is 3.01 Å². The van der Waals surface area contributed by atoms with Crippen LogP contribution in [0, 0.1) is 0 Å². The number of hydrogen-bond acceptors (Lipinski definition) is 0. The lowest BCUT2D eigenvalue weighted by atomic mass is 10.1. The molecule has 0 unspecified atom stereocenters. The molecule has 1 aromatic rings. The fourth-order valence-corrected chi connectivity index (χ4v) is 2.36. The minimum absolute atomic E-state index is 1.18. The second-order valence-corrected chi connectivity index (χ2v) is 4.87. The van der Waals surface area contributed by atoms with Crippen molar-refractivity contribution in [3.63, 3.8) is 0 Å². The van der Waals surface area contributed by atoms with Crippen molar-refractivity contribution in [2.75, 3.05) is 13.1 Å². The van der Waals surface area contributed by atoms with Gasteiger partial charge in [0.25, 0.3) is 0 Å². The average Bonchev–Trinajstić information content (AvgIpc) is 2.36. The first-order valence-electron chi connectivity index (χ1n) is 6.65. The molecular weight excluding hydrogens is 206 g/mol. The third kappa shape index (κ3) is 4.18. The summed E-state index contributed by atoms with van der Waals surface area (Å²) in [6, 6.07) is 10.8. The predicted molar refractivity (Wildman–Crippen MR) is 73.8 cm³/mol. The standard InChI is InChI=1S/C16H22N/c1-15-8-7-13-17(14-15)12-6-5-11-16-9-3-2-4-10-16/h2-4,9-10,14H,1,5-8,11-13H2/q+1. The van der Waals surface area contributed by atoms with E-state index in [-0.39, 0.29) is 0 Å². The Morgan fingerprint density at radius 2 is 1.94 bits per heavy atom. The van der Waals surface area contributed by atoms with Crippen LogP contribution in [0.15, 0.2) is 42.5 Å². The van der Waals surface area contributed by atoms with Crippen LogP contribution in [-0.4, -0.2) is 23.9 Å². The largest absolute Gasteiger partial charge is 0.236 e. The molecule has 0 saturated carbocycles. The third-order valence-electron chi connectivity index (χ3n) is 3.31. The molecule has 0 atom stereocenters. The number of rotatable bonds is 5. The summed E-state index contributed by atoms with van der Waals surface area (Å²) in [5.74, 6) is 0. The van der Waals surface area contributed by atoms with Gasteiger partial charge in [-0.25, -0.2) is 4.58 Å². The Bertz CT molecular complexity index is 389. The van der Waals surface area contributed by atoms with E-state index < -0.39 is 0 Å².